The zero-order valence-electron chi connectivity index (χ0n) is 17.7. The van der Waals surface area contributed by atoms with Crippen LogP contribution in [0.15, 0.2) is 53.5 Å². The number of hydrogen-bond donors (Lipinski definition) is 3. The van der Waals surface area contributed by atoms with Crippen molar-refractivity contribution in [3.8, 4) is 0 Å². The Labute approximate surface area is 202 Å². The highest BCUT2D eigenvalue weighted by molar-refractivity contribution is 14.0. The number of halogens is 4. The van der Waals surface area contributed by atoms with Gasteiger partial charge in [-0.1, -0.05) is 36.4 Å². The Hall–Kier alpha value is -2.34. The number of fused-ring (bicyclic) bond motifs is 1. The quantitative estimate of drug-likeness (QED) is 0.155. The number of nitrogens with one attached hydrogen (secondary N) is 3. The third-order valence-corrected chi connectivity index (χ3v) is 4.56. The van der Waals surface area contributed by atoms with Gasteiger partial charge in [0.1, 0.15) is 12.4 Å². The van der Waals surface area contributed by atoms with E-state index < -0.39 is 12.8 Å². The lowest BCUT2D eigenvalue weighted by atomic mass is 10.1. The summed E-state index contributed by atoms with van der Waals surface area (Å²) in [5.74, 6) is 1.65. The van der Waals surface area contributed by atoms with Crippen LogP contribution in [-0.2, 0) is 24.3 Å². The lowest BCUT2D eigenvalue weighted by Gasteiger charge is -2.12. The number of para-hydroxylation sites is 2. The van der Waals surface area contributed by atoms with Crippen molar-refractivity contribution in [3.05, 3.63) is 65.5 Å². The van der Waals surface area contributed by atoms with E-state index in [1.807, 2.05) is 36.4 Å². The predicted molar refractivity (Wildman–Crippen MR) is 130 cm³/mol. The summed E-state index contributed by atoms with van der Waals surface area (Å²) in [6.45, 7) is -0.0184. The second-order valence-corrected chi connectivity index (χ2v) is 7.08. The first kappa shape index (κ1) is 25.9. The molecule has 3 aromatic rings. The number of nitrogens with zero attached hydrogens (tertiary/aromatic N) is 2. The summed E-state index contributed by atoms with van der Waals surface area (Å²) in [7, 11) is 1.70. The maximum Gasteiger partial charge on any atom is 0.411 e. The van der Waals surface area contributed by atoms with Crippen LogP contribution in [0.1, 0.15) is 23.4 Å². The minimum absolute atomic E-state index is 0. The molecule has 0 aliphatic carbocycles. The zero-order valence-corrected chi connectivity index (χ0v) is 20.0. The van der Waals surface area contributed by atoms with E-state index >= 15 is 0 Å². The molecule has 1 aromatic heterocycles. The number of imidazole rings is 1. The molecule has 0 saturated carbocycles. The summed E-state index contributed by atoms with van der Waals surface area (Å²) in [5, 5.41) is 6.49. The molecule has 0 unspecified atom stereocenters. The van der Waals surface area contributed by atoms with Crippen molar-refractivity contribution >= 4 is 41.0 Å². The van der Waals surface area contributed by atoms with Gasteiger partial charge in [0, 0.05) is 26.6 Å². The van der Waals surface area contributed by atoms with Crippen molar-refractivity contribution in [2.24, 2.45) is 4.99 Å². The van der Waals surface area contributed by atoms with Gasteiger partial charge in [0.25, 0.3) is 0 Å². The lowest BCUT2D eigenvalue weighted by Crippen LogP contribution is -2.37. The SMILES string of the molecule is CN=C(NCCCc1nc2ccccc2[nH]1)NCc1ccc(COCC(F)(F)F)cc1.I. The molecule has 0 bridgehead atoms. The van der Waals surface area contributed by atoms with Crippen LogP contribution in [-0.4, -0.2) is 42.3 Å². The Kier molecular flexibility index (Phi) is 10.2. The fourth-order valence-electron chi connectivity index (χ4n) is 3.03. The van der Waals surface area contributed by atoms with Crippen molar-refractivity contribution in [3.63, 3.8) is 0 Å². The Morgan fingerprint density at radius 1 is 1.06 bits per heavy atom. The Balaban J connectivity index is 0.00000363. The molecule has 3 N–H and O–H groups in total. The van der Waals surface area contributed by atoms with E-state index in [4.69, 9.17) is 0 Å². The number of aromatic amines is 1. The van der Waals surface area contributed by atoms with E-state index in [0.717, 1.165) is 41.8 Å². The van der Waals surface area contributed by atoms with Gasteiger partial charge in [-0.25, -0.2) is 4.98 Å². The van der Waals surface area contributed by atoms with E-state index in [-0.39, 0.29) is 30.6 Å². The van der Waals surface area contributed by atoms with Crippen molar-refractivity contribution in [2.45, 2.75) is 32.2 Å². The van der Waals surface area contributed by atoms with Gasteiger partial charge in [0.05, 0.1) is 17.6 Å². The number of aliphatic imine (C=N–C) groups is 1. The number of benzene rings is 2. The summed E-state index contributed by atoms with van der Waals surface area (Å²) in [6.07, 6.45) is -2.58. The van der Waals surface area contributed by atoms with Crippen LogP contribution in [0.25, 0.3) is 11.0 Å². The smallest absolute Gasteiger partial charge is 0.367 e. The predicted octanol–water partition coefficient (Wildman–Crippen LogP) is 4.56. The van der Waals surface area contributed by atoms with E-state index in [2.05, 4.69) is 30.3 Å². The number of ether oxygens (including phenoxy) is 1. The summed E-state index contributed by atoms with van der Waals surface area (Å²) < 4.78 is 41.0. The zero-order chi connectivity index (χ0) is 22.1. The van der Waals surface area contributed by atoms with Crippen LogP contribution < -0.4 is 10.6 Å². The Morgan fingerprint density at radius 2 is 1.78 bits per heavy atom. The van der Waals surface area contributed by atoms with Gasteiger partial charge >= 0.3 is 6.18 Å². The minimum atomic E-state index is -4.31. The van der Waals surface area contributed by atoms with Gasteiger partial charge in [-0.2, -0.15) is 13.2 Å². The first-order valence-electron chi connectivity index (χ1n) is 10.0. The maximum absolute atomic E-state index is 12.1. The molecule has 0 aliphatic rings. The van der Waals surface area contributed by atoms with E-state index in [9.17, 15) is 13.2 Å². The fraction of sp³-hybridized carbons (Fsp3) is 0.364. The van der Waals surface area contributed by atoms with Gasteiger partial charge in [0.2, 0.25) is 0 Å². The highest BCUT2D eigenvalue weighted by Crippen LogP contribution is 2.16. The molecule has 0 atom stereocenters. The van der Waals surface area contributed by atoms with Crippen LogP contribution in [0, 0.1) is 0 Å². The average molecular weight is 561 g/mol. The van der Waals surface area contributed by atoms with Crippen molar-refractivity contribution < 1.29 is 17.9 Å². The minimum Gasteiger partial charge on any atom is -0.367 e. The summed E-state index contributed by atoms with van der Waals surface area (Å²) >= 11 is 0. The molecule has 6 nitrogen and oxygen atoms in total. The van der Waals surface area contributed by atoms with Crippen molar-refractivity contribution in [1.29, 1.82) is 0 Å². The van der Waals surface area contributed by atoms with Gasteiger partial charge in [-0.3, -0.25) is 4.99 Å². The second kappa shape index (κ2) is 12.6. The van der Waals surface area contributed by atoms with Crippen molar-refractivity contribution in [1.82, 2.24) is 20.6 Å². The molecule has 1 heterocycles. The monoisotopic (exact) mass is 561 g/mol. The number of guanidine groups is 1. The molecular weight excluding hydrogens is 534 g/mol. The molecule has 0 spiro atoms. The molecule has 3 rings (SSSR count). The largest absolute Gasteiger partial charge is 0.411 e. The highest BCUT2D eigenvalue weighted by atomic mass is 127. The molecule has 2 aromatic carbocycles. The number of aromatic nitrogens is 2. The van der Waals surface area contributed by atoms with Gasteiger partial charge < -0.3 is 20.4 Å². The van der Waals surface area contributed by atoms with E-state index in [1.54, 1.807) is 19.2 Å². The molecule has 0 aliphatic heterocycles. The number of aryl methyl sites for hydroxylation is 1. The van der Waals surface area contributed by atoms with Gasteiger partial charge in [-0.15, -0.1) is 24.0 Å². The summed E-state index contributed by atoms with van der Waals surface area (Å²) in [5.41, 5.74) is 3.70. The molecule has 10 heteroatoms. The van der Waals surface area contributed by atoms with Crippen LogP contribution in [0.4, 0.5) is 13.2 Å². The third-order valence-electron chi connectivity index (χ3n) is 4.56. The molecule has 174 valence electrons. The van der Waals surface area contributed by atoms with Crippen LogP contribution in [0.3, 0.4) is 0 Å². The number of H-pyrrole nitrogens is 1. The van der Waals surface area contributed by atoms with Gasteiger partial charge in [-0.05, 0) is 29.7 Å². The van der Waals surface area contributed by atoms with Crippen LogP contribution >= 0.6 is 24.0 Å². The molecule has 0 radical (unpaired) electrons. The standard InChI is InChI=1S/C22H26F3N5O.HI/c1-26-21(27-12-4-7-20-29-18-5-2-3-6-19(18)30-20)28-13-16-8-10-17(11-9-16)14-31-15-22(23,24)25;/h2-3,5-6,8-11H,4,7,12-15H2,1H3,(H,29,30)(H2,26,27,28);1H. The van der Waals surface area contributed by atoms with E-state index in [0.29, 0.717) is 18.1 Å². The van der Waals surface area contributed by atoms with Crippen LogP contribution in [0.5, 0.6) is 0 Å². The first-order chi connectivity index (χ1) is 14.9. The first-order valence-corrected chi connectivity index (χ1v) is 10.0. The average Bonchev–Trinajstić information content (AvgIpc) is 3.16. The van der Waals surface area contributed by atoms with Crippen molar-refractivity contribution in [2.75, 3.05) is 20.2 Å². The maximum atomic E-state index is 12.1. The molecular formula is C22H27F3IN5O. The highest BCUT2D eigenvalue weighted by Gasteiger charge is 2.27. The molecule has 32 heavy (non-hydrogen) atoms. The van der Waals surface area contributed by atoms with Crippen LogP contribution in [0.2, 0.25) is 0 Å². The van der Waals surface area contributed by atoms with E-state index in [1.165, 1.54) is 0 Å². The topological polar surface area (TPSA) is 74.3 Å². The number of hydrogen-bond acceptors (Lipinski definition) is 3. The summed E-state index contributed by atoms with van der Waals surface area (Å²) in [4.78, 5) is 12.1. The molecule has 0 fully saturated rings. The fourth-order valence-corrected chi connectivity index (χ4v) is 3.03. The third kappa shape index (κ3) is 8.65. The Morgan fingerprint density at radius 3 is 2.47 bits per heavy atom. The summed E-state index contributed by atoms with van der Waals surface area (Å²) in [6, 6.07) is 15.2. The Bertz CT molecular complexity index is 956. The second-order valence-electron chi connectivity index (χ2n) is 7.08. The lowest BCUT2D eigenvalue weighted by molar-refractivity contribution is -0.176. The molecule has 0 amide bonds. The van der Waals surface area contributed by atoms with Gasteiger partial charge in [0.15, 0.2) is 5.96 Å². The molecule has 0 saturated heterocycles. The number of alkyl halides is 3. The number of rotatable bonds is 9. The normalized spacial score (nSPS) is 11.9.